The minimum Gasteiger partial charge on any atom is -0.495 e. The van der Waals surface area contributed by atoms with Crippen molar-refractivity contribution < 1.29 is 14.3 Å². The molecule has 0 aliphatic carbocycles. The number of para-hydroxylation sites is 3. The van der Waals surface area contributed by atoms with Gasteiger partial charge in [-0.05, 0) is 24.3 Å². The van der Waals surface area contributed by atoms with Crippen LogP contribution in [0.1, 0.15) is 10.4 Å². The van der Waals surface area contributed by atoms with Crippen LogP contribution in [0.15, 0.2) is 42.5 Å². The summed E-state index contributed by atoms with van der Waals surface area (Å²) in [6, 6.07) is 12.6. The average Bonchev–Trinajstić information content (AvgIpc) is 2.49. The Morgan fingerprint density at radius 2 is 1.75 bits per heavy atom. The lowest BCUT2D eigenvalue weighted by atomic mass is 10.1. The Labute approximate surface area is 117 Å². The average molecular weight is 272 g/mol. The number of methoxy groups -OCH3 is 2. The molecule has 0 aromatic heterocycles. The second-order valence-corrected chi connectivity index (χ2v) is 4.08. The van der Waals surface area contributed by atoms with Crippen LogP contribution in [0.25, 0.3) is 0 Å². The molecule has 5 heteroatoms. The van der Waals surface area contributed by atoms with Crippen LogP contribution in [0.2, 0.25) is 0 Å². The lowest BCUT2D eigenvalue weighted by Crippen LogP contribution is -2.07. The van der Waals surface area contributed by atoms with Crippen LogP contribution in [0, 0.1) is 0 Å². The van der Waals surface area contributed by atoms with E-state index in [1.54, 1.807) is 25.3 Å². The highest BCUT2D eigenvalue weighted by Crippen LogP contribution is 2.31. The number of nitrogens with one attached hydrogen (secondary N) is 1. The number of nitrogens with two attached hydrogens (primary N) is 1. The van der Waals surface area contributed by atoms with E-state index in [2.05, 4.69) is 5.32 Å². The Kier molecular flexibility index (Phi) is 4.10. The predicted molar refractivity (Wildman–Crippen MR) is 78.5 cm³/mol. The van der Waals surface area contributed by atoms with Gasteiger partial charge in [-0.1, -0.05) is 18.2 Å². The lowest BCUT2D eigenvalue weighted by molar-refractivity contribution is 0.0602. The molecular weight excluding hydrogens is 256 g/mol. The summed E-state index contributed by atoms with van der Waals surface area (Å²) in [7, 11) is 2.91. The minimum absolute atomic E-state index is 0.326. The normalized spacial score (nSPS) is 9.90. The molecule has 0 spiro atoms. The van der Waals surface area contributed by atoms with Crippen molar-refractivity contribution in [3.05, 3.63) is 48.0 Å². The van der Waals surface area contributed by atoms with Gasteiger partial charge in [0.25, 0.3) is 0 Å². The summed E-state index contributed by atoms with van der Waals surface area (Å²) in [5, 5.41) is 3.15. The number of rotatable bonds is 4. The van der Waals surface area contributed by atoms with E-state index in [1.165, 1.54) is 7.11 Å². The van der Waals surface area contributed by atoms with E-state index in [9.17, 15) is 4.79 Å². The second kappa shape index (κ2) is 5.97. The van der Waals surface area contributed by atoms with E-state index in [-0.39, 0.29) is 0 Å². The molecule has 0 saturated heterocycles. The molecule has 0 amide bonds. The van der Waals surface area contributed by atoms with Crippen molar-refractivity contribution in [3.63, 3.8) is 0 Å². The monoisotopic (exact) mass is 272 g/mol. The fourth-order valence-electron chi connectivity index (χ4n) is 1.86. The van der Waals surface area contributed by atoms with E-state index in [4.69, 9.17) is 15.2 Å². The number of hydrogen-bond donors (Lipinski definition) is 2. The molecule has 20 heavy (non-hydrogen) atoms. The molecule has 0 radical (unpaired) electrons. The molecule has 0 atom stereocenters. The zero-order valence-corrected chi connectivity index (χ0v) is 11.3. The number of esters is 1. The maximum atomic E-state index is 11.6. The van der Waals surface area contributed by atoms with Gasteiger partial charge < -0.3 is 20.5 Å². The summed E-state index contributed by atoms with van der Waals surface area (Å²) in [5.74, 6) is 0.224. The number of carbonyl (C=O) groups excluding carboxylic acids is 1. The molecule has 0 heterocycles. The molecule has 2 aromatic carbocycles. The standard InChI is InChI=1S/C15H16N2O3/c1-19-13-9-4-3-7-11(13)17-12-8-5-6-10(14(12)16)15(18)20-2/h3-9,17H,16H2,1-2H3. The largest absolute Gasteiger partial charge is 0.495 e. The molecule has 0 unspecified atom stereocenters. The molecule has 104 valence electrons. The maximum Gasteiger partial charge on any atom is 0.340 e. The zero-order chi connectivity index (χ0) is 14.5. The first-order chi connectivity index (χ1) is 9.67. The second-order valence-electron chi connectivity index (χ2n) is 4.08. The van der Waals surface area contributed by atoms with Crippen molar-refractivity contribution in [3.8, 4) is 5.75 Å². The molecular formula is C15H16N2O3. The van der Waals surface area contributed by atoms with Crippen LogP contribution in [0.3, 0.4) is 0 Å². The molecule has 5 nitrogen and oxygen atoms in total. The third-order valence-electron chi connectivity index (χ3n) is 2.89. The molecule has 0 fully saturated rings. The van der Waals surface area contributed by atoms with Gasteiger partial charge >= 0.3 is 5.97 Å². The summed E-state index contributed by atoms with van der Waals surface area (Å²) >= 11 is 0. The first-order valence-corrected chi connectivity index (χ1v) is 6.04. The summed E-state index contributed by atoms with van der Waals surface area (Å²) < 4.78 is 9.96. The van der Waals surface area contributed by atoms with Crippen molar-refractivity contribution in [1.29, 1.82) is 0 Å². The fraction of sp³-hybridized carbons (Fsp3) is 0.133. The summed E-state index contributed by atoms with van der Waals surface area (Å²) in [5.41, 5.74) is 8.05. The van der Waals surface area contributed by atoms with Gasteiger partial charge in [0.05, 0.1) is 36.8 Å². The van der Waals surface area contributed by atoms with Crippen LogP contribution in [0.4, 0.5) is 17.1 Å². The van der Waals surface area contributed by atoms with Gasteiger partial charge in [-0.2, -0.15) is 0 Å². The zero-order valence-electron chi connectivity index (χ0n) is 11.3. The Balaban J connectivity index is 2.37. The van der Waals surface area contributed by atoms with E-state index in [0.29, 0.717) is 22.7 Å². The molecule has 0 aliphatic heterocycles. The molecule has 0 aliphatic rings. The number of ether oxygens (including phenoxy) is 2. The highest BCUT2D eigenvalue weighted by atomic mass is 16.5. The number of nitrogen functional groups attached to an aromatic ring is 1. The lowest BCUT2D eigenvalue weighted by Gasteiger charge is -2.14. The van der Waals surface area contributed by atoms with Crippen molar-refractivity contribution in [2.45, 2.75) is 0 Å². The Morgan fingerprint density at radius 1 is 1.05 bits per heavy atom. The van der Waals surface area contributed by atoms with Crippen LogP contribution >= 0.6 is 0 Å². The summed E-state index contributed by atoms with van der Waals surface area (Å²) in [6.45, 7) is 0. The van der Waals surface area contributed by atoms with Gasteiger partial charge in [0.15, 0.2) is 0 Å². The summed E-state index contributed by atoms with van der Waals surface area (Å²) in [4.78, 5) is 11.6. The highest BCUT2D eigenvalue weighted by Gasteiger charge is 2.13. The molecule has 2 aromatic rings. The van der Waals surface area contributed by atoms with E-state index >= 15 is 0 Å². The van der Waals surface area contributed by atoms with Crippen molar-refractivity contribution in [2.24, 2.45) is 0 Å². The molecule has 0 bridgehead atoms. The third-order valence-corrected chi connectivity index (χ3v) is 2.89. The van der Waals surface area contributed by atoms with Crippen molar-refractivity contribution in [1.82, 2.24) is 0 Å². The quantitative estimate of drug-likeness (QED) is 0.661. The fourth-order valence-corrected chi connectivity index (χ4v) is 1.86. The minimum atomic E-state index is -0.467. The topological polar surface area (TPSA) is 73.6 Å². The van der Waals surface area contributed by atoms with Crippen molar-refractivity contribution in [2.75, 3.05) is 25.3 Å². The van der Waals surface area contributed by atoms with Crippen LogP contribution in [0.5, 0.6) is 5.75 Å². The Morgan fingerprint density at radius 3 is 2.45 bits per heavy atom. The SMILES string of the molecule is COC(=O)c1cccc(Nc2ccccc2OC)c1N. The van der Waals surface area contributed by atoms with Gasteiger partial charge in [-0.3, -0.25) is 0 Å². The smallest absolute Gasteiger partial charge is 0.340 e. The molecule has 3 N–H and O–H groups in total. The Bertz CT molecular complexity index is 626. The predicted octanol–water partition coefficient (Wildman–Crippen LogP) is 2.81. The number of benzene rings is 2. The number of carbonyl (C=O) groups is 1. The van der Waals surface area contributed by atoms with Crippen LogP contribution in [-0.2, 0) is 4.74 Å². The van der Waals surface area contributed by atoms with Crippen LogP contribution in [-0.4, -0.2) is 20.2 Å². The van der Waals surface area contributed by atoms with E-state index in [1.807, 2.05) is 24.3 Å². The van der Waals surface area contributed by atoms with Gasteiger partial charge in [-0.25, -0.2) is 4.79 Å². The van der Waals surface area contributed by atoms with Gasteiger partial charge in [0.1, 0.15) is 5.75 Å². The molecule has 0 saturated carbocycles. The van der Waals surface area contributed by atoms with Gasteiger partial charge in [0, 0.05) is 0 Å². The van der Waals surface area contributed by atoms with Crippen LogP contribution < -0.4 is 15.8 Å². The first kappa shape index (κ1) is 13.7. The number of anilines is 3. The van der Waals surface area contributed by atoms with Gasteiger partial charge in [0.2, 0.25) is 0 Å². The van der Waals surface area contributed by atoms with E-state index < -0.39 is 5.97 Å². The van der Waals surface area contributed by atoms with Gasteiger partial charge in [-0.15, -0.1) is 0 Å². The summed E-state index contributed by atoms with van der Waals surface area (Å²) in [6.07, 6.45) is 0. The Hall–Kier alpha value is -2.69. The molecule has 2 rings (SSSR count). The van der Waals surface area contributed by atoms with Crippen molar-refractivity contribution >= 4 is 23.0 Å². The highest BCUT2D eigenvalue weighted by molar-refractivity contribution is 5.98. The van der Waals surface area contributed by atoms with E-state index in [0.717, 1.165) is 5.69 Å². The maximum absolute atomic E-state index is 11.6. The third kappa shape index (κ3) is 2.66. The first-order valence-electron chi connectivity index (χ1n) is 6.04. The number of hydrogen-bond acceptors (Lipinski definition) is 5.